The van der Waals surface area contributed by atoms with Crippen molar-refractivity contribution in [2.75, 3.05) is 5.88 Å². The van der Waals surface area contributed by atoms with Gasteiger partial charge in [-0.05, 0) is 25.8 Å². The summed E-state index contributed by atoms with van der Waals surface area (Å²) >= 11 is 5.54. The van der Waals surface area contributed by atoms with Gasteiger partial charge in [-0.15, -0.1) is 11.6 Å². The van der Waals surface area contributed by atoms with Crippen LogP contribution in [0.4, 0.5) is 10.1 Å². The van der Waals surface area contributed by atoms with Crippen molar-refractivity contribution in [3.8, 4) is 0 Å². The molecule has 0 aliphatic heterocycles. The van der Waals surface area contributed by atoms with Gasteiger partial charge in [0.05, 0.1) is 11.0 Å². The lowest BCUT2D eigenvalue weighted by molar-refractivity contribution is -0.385. The van der Waals surface area contributed by atoms with Crippen molar-refractivity contribution in [3.05, 3.63) is 39.7 Å². The number of halogens is 2. The van der Waals surface area contributed by atoms with Crippen molar-refractivity contribution in [1.82, 2.24) is 5.32 Å². The van der Waals surface area contributed by atoms with E-state index < -0.39 is 22.3 Å². The normalized spacial score (nSPS) is 11.9. The molecule has 0 aliphatic rings. The Hall–Kier alpha value is -1.69. The molecule has 1 aromatic carbocycles. The Morgan fingerprint density at radius 1 is 1.53 bits per heavy atom. The predicted octanol–water partition coefficient (Wildman–Crippen LogP) is 2.87. The number of alkyl halides is 1. The lowest BCUT2D eigenvalue weighted by Crippen LogP contribution is -2.32. The fourth-order valence-corrected chi connectivity index (χ4v) is 1.73. The summed E-state index contributed by atoms with van der Waals surface area (Å²) in [5, 5.41) is 13.2. The Morgan fingerprint density at radius 2 is 2.21 bits per heavy atom. The minimum Gasteiger partial charge on any atom is -0.350 e. The van der Waals surface area contributed by atoms with Crippen LogP contribution in [0, 0.1) is 15.9 Å². The van der Waals surface area contributed by atoms with Crippen molar-refractivity contribution in [3.63, 3.8) is 0 Å². The first-order chi connectivity index (χ1) is 8.93. The summed E-state index contributed by atoms with van der Waals surface area (Å²) in [4.78, 5) is 21.7. The van der Waals surface area contributed by atoms with Gasteiger partial charge >= 0.3 is 0 Å². The van der Waals surface area contributed by atoms with Crippen LogP contribution in [0.3, 0.4) is 0 Å². The third kappa shape index (κ3) is 4.82. The van der Waals surface area contributed by atoms with E-state index in [0.29, 0.717) is 12.3 Å². The van der Waals surface area contributed by atoms with Crippen LogP contribution in [-0.4, -0.2) is 22.8 Å². The molecule has 1 rings (SSSR count). The molecule has 1 unspecified atom stereocenters. The van der Waals surface area contributed by atoms with Crippen LogP contribution in [0.25, 0.3) is 0 Å². The number of nitro groups is 1. The molecule has 0 bridgehead atoms. The molecule has 0 spiro atoms. The summed E-state index contributed by atoms with van der Waals surface area (Å²) in [6.45, 7) is 1.79. The van der Waals surface area contributed by atoms with Gasteiger partial charge in [-0.25, -0.2) is 4.39 Å². The summed E-state index contributed by atoms with van der Waals surface area (Å²) in [5.74, 6) is -0.858. The van der Waals surface area contributed by atoms with Gasteiger partial charge in [-0.3, -0.25) is 14.9 Å². The summed E-state index contributed by atoms with van der Waals surface area (Å²) in [6, 6.07) is 2.66. The lowest BCUT2D eigenvalue weighted by Gasteiger charge is -2.13. The van der Waals surface area contributed by atoms with Crippen LogP contribution in [0.1, 0.15) is 30.1 Å². The molecule has 19 heavy (non-hydrogen) atoms. The van der Waals surface area contributed by atoms with E-state index in [-0.39, 0.29) is 11.6 Å². The zero-order chi connectivity index (χ0) is 14.4. The van der Waals surface area contributed by atoms with E-state index in [0.717, 1.165) is 24.6 Å². The molecule has 0 heterocycles. The zero-order valence-electron chi connectivity index (χ0n) is 10.4. The molecule has 0 saturated carbocycles. The molecule has 1 atom stereocenters. The number of nitro benzene ring substituents is 1. The monoisotopic (exact) mass is 288 g/mol. The molecular formula is C12H14ClFN2O3. The molecule has 1 N–H and O–H groups in total. The number of carbonyl (C=O) groups excluding carboxylic acids is 1. The number of hydrogen-bond acceptors (Lipinski definition) is 3. The highest BCUT2D eigenvalue weighted by Crippen LogP contribution is 2.16. The third-order valence-electron chi connectivity index (χ3n) is 2.50. The second-order valence-corrected chi connectivity index (χ2v) is 4.54. The predicted molar refractivity (Wildman–Crippen MR) is 69.9 cm³/mol. The maximum absolute atomic E-state index is 13.2. The summed E-state index contributed by atoms with van der Waals surface area (Å²) in [7, 11) is 0. The maximum Gasteiger partial charge on any atom is 0.273 e. The Bertz CT molecular complexity index is 482. The van der Waals surface area contributed by atoms with Crippen LogP contribution in [0.2, 0.25) is 0 Å². The molecular weight excluding hydrogens is 275 g/mol. The van der Waals surface area contributed by atoms with Gasteiger partial charge < -0.3 is 5.32 Å². The zero-order valence-corrected chi connectivity index (χ0v) is 11.1. The van der Waals surface area contributed by atoms with E-state index in [2.05, 4.69) is 5.32 Å². The summed E-state index contributed by atoms with van der Waals surface area (Å²) in [6.07, 6.45) is 1.43. The number of hydrogen-bond donors (Lipinski definition) is 1. The first kappa shape index (κ1) is 15.4. The first-order valence-electron chi connectivity index (χ1n) is 5.76. The highest BCUT2D eigenvalue weighted by atomic mass is 35.5. The van der Waals surface area contributed by atoms with Crippen molar-refractivity contribution < 1.29 is 14.1 Å². The highest BCUT2D eigenvalue weighted by molar-refractivity contribution is 6.17. The summed E-state index contributed by atoms with van der Waals surface area (Å²) < 4.78 is 13.2. The molecule has 1 amide bonds. The topological polar surface area (TPSA) is 72.2 Å². The quantitative estimate of drug-likeness (QED) is 0.497. The molecule has 7 heteroatoms. The molecule has 0 aromatic heterocycles. The van der Waals surface area contributed by atoms with Gasteiger partial charge in [0.15, 0.2) is 0 Å². The average Bonchev–Trinajstić information content (AvgIpc) is 2.35. The Morgan fingerprint density at radius 3 is 2.79 bits per heavy atom. The minimum absolute atomic E-state index is 0.0653. The smallest absolute Gasteiger partial charge is 0.273 e. The maximum atomic E-state index is 13.2. The fourth-order valence-electron chi connectivity index (χ4n) is 1.57. The van der Waals surface area contributed by atoms with E-state index in [1.165, 1.54) is 0 Å². The number of rotatable bonds is 6. The molecule has 0 radical (unpaired) electrons. The number of amides is 1. The molecule has 0 aliphatic carbocycles. The number of carbonyl (C=O) groups is 1. The van der Waals surface area contributed by atoms with E-state index in [4.69, 9.17) is 11.6 Å². The van der Waals surface area contributed by atoms with Crippen molar-refractivity contribution in [2.24, 2.45) is 0 Å². The van der Waals surface area contributed by atoms with Crippen LogP contribution in [-0.2, 0) is 0 Å². The molecule has 0 fully saturated rings. The van der Waals surface area contributed by atoms with Crippen LogP contribution < -0.4 is 5.32 Å². The number of benzene rings is 1. The molecule has 5 nitrogen and oxygen atoms in total. The SMILES string of the molecule is CC(CCCCl)NC(=O)c1cc(F)cc([N+](=O)[O-])c1. The number of nitrogens with zero attached hydrogens (tertiary/aromatic N) is 1. The van der Waals surface area contributed by atoms with Gasteiger partial charge in [0, 0.05) is 23.6 Å². The van der Waals surface area contributed by atoms with E-state index in [1.54, 1.807) is 6.92 Å². The van der Waals surface area contributed by atoms with Gasteiger partial charge in [-0.1, -0.05) is 0 Å². The highest BCUT2D eigenvalue weighted by Gasteiger charge is 2.16. The Kier molecular flexibility index (Phi) is 5.69. The Labute approximate surface area is 114 Å². The average molecular weight is 289 g/mol. The molecule has 1 aromatic rings. The molecule has 0 saturated heterocycles. The number of nitrogens with one attached hydrogen (secondary N) is 1. The first-order valence-corrected chi connectivity index (χ1v) is 6.29. The Balaban J connectivity index is 2.79. The van der Waals surface area contributed by atoms with Gasteiger partial charge in [-0.2, -0.15) is 0 Å². The standard InChI is InChI=1S/C12H14ClFN2O3/c1-8(3-2-4-13)15-12(17)9-5-10(14)7-11(6-9)16(18)19/h5-8H,2-4H2,1H3,(H,15,17). The van der Waals surface area contributed by atoms with Crippen LogP contribution >= 0.6 is 11.6 Å². The number of non-ortho nitro benzene ring substituents is 1. The fraction of sp³-hybridized carbons (Fsp3) is 0.417. The van der Waals surface area contributed by atoms with Crippen LogP contribution in [0.15, 0.2) is 18.2 Å². The van der Waals surface area contributed by atoms with Crippen molar-refractivity contribution in [1.29, 1.82) is 0 Å². The van der Waals surface area contributed by atoms with Crippen LogP contribution in [0.5, 0.6) is 0 Å². The van der Waals surface area contributed by atoms with E-state index in [1.807, 2.05) is 0 Å². The third-order valence-corrected chi connectivity index (χ3v) is 2.77. The van der Waals surface area contributed by atoms with Gasteiger partial charge in [0.1, 0.15) is 5.82 Å². The summed E-state index contributed by atoms with van der Waals surface area (Å²) in [5.41, 5.74) is -0.511. The lowest BCUT2D eigenvalue weighted by atomic mass is 10.1. The second-order valence-electron chi connectivity index (χ2n) is 4.16. The van der Waals surface area contributed by atoms with Crippen molar-refractivity contribution in [2.45, 2.75) is 25.8 Å². The van der Waals surface area contributed by atoms with Gasteiger partial charge in [0.25, 0.3) is 11.6 Å². The minimum atomic E-state index is -0.812. The van der Waals surface area contributed by atoms with E-state index in [9.17, 15) is 19.3 Å². The second kappa shape index (κ2) is 7.04. The van der Waals surface area contributed by atoms with Crippen molar-refractivity contribution >= 4 is 23.2 Å². The molecule has 104 valence electrons. The van der Waals surface area contributed by atoms with E-state index >= 15 is 0 Å². The largest absolute Gasteiger partial charge is 0.350 e. The van der Waals surface area contributed by atoms with Gasteiger partial charge in [0.2, 0.25) is 0 Å².